The van der Waals surface area contributed by atoms with E-state index >= 15 is 0 Å². The Morgan fingerprint density at radius 1 is 1.36 bits per heavy atom. The Kier molecular flexibility index (Phi) is 8.12. The van der Waals surface area contributed by atoms with E-state index in [0.29, 0.717) is 12.5 Å². The fraction of sp³-hybridized carbons (Fsp3) is 0.579. The van der Waals surface area contributed by atoms with Gasteiger partial charge in [0, 0.05) is 50.7 Å². The van der Waals surface area contributed by atoms with Crippen LogP contribution in [0.15, 0.2) is 29.3 Å². The first-order valence-corrected chi connectivity index (χ1v) is 10.2. The summed E-state index contributed by atoms with van der Waals surface area (Å²) < 4.78 is 0. The predicted molar refractivity (Wildman–Crippen MR) is 107 cm³/mol. The van der Waals surface area contributed by atoms with Crippen molar-refractivity contribution in [1.29, 1.82) is 0 Å². The Morgan fingerprint density at radius 2 is 2.12 bits per heavy atom. The predicted octanol–water partition coefficient (Wildman–Crippen LogP) is 2.40. The molecule has 1 aliphatic heterocycles. The van der Waals surface area contributed by atoms with Gasteiger partial charge in [0.05, 0.1) is 0 Å². The van der Waals surface area contributed by atoms with Gasteiger partial charge in [0.25, 0.3) is 0 Å². The molecule has 1 heterocycles. The average Bonchev–Trinajstić information content (AvgIpc) is 3.10. The van der Waals surface area contributed by atoms with E-state index in [9.17, 15) is 4.79 Å². The summed E-state index contributed by atoms with van der Waals surface area (Å²) in [5, 5.41) is 6.79. The van der Waals surface area contributed by atoms with E-state index in [0.717, 1.165) is 43.5 Å². The largest absolute Gasteiger partial charge is 0.356 e. The number of hydrogen-bond acceptors (Lipinski definition) is 3. The Morgan fingerprint density at radius 3 is 2.80 bits per heavy atom. The third-order valence-electron chi connectivity index (χ3n) is 4.34. The quantitative estimate of drug-likeness (QED) is 0.444. The maximum absolute atomic E-state index is 11.7. The van der Waals surface area contributed by atoms with E-state index in [1.165, 1.54) is 11.1 Å². The van der Waals surface area contributed by atoms with Crippen LogP contribution in [0.25, 0.3) is 0 Å². The minimum atomic E-state index is 0.236. The average molecular weight is 363 g/mol. The van der Waals surface area contributed by atoms with E-state index < -0.39 is 0 Å². The number of nitrogens with zero attached hydrogens (tertiary/aromatic N) is 2. The second-order valence-corrected chi connectivity index (χ2v) is 7.47. The van der Waals surface area contributed by atoms with E-state index in [4.69, 9.17) is 0 Å². The van der Waals surface area contributed by atoms with Gasteiger partial charge in [-0.15, -0.1) is 0 Å². The number of hydrogen-bond donors (Lipinski definition) is 2. The number of benzene rings is 1. The van der Waals surface area contributed by atoms with Crippen LogP contribution in [0.5, 0.6) is 0 Å². The second-order valence-electron chi connectivity index (χ2n) is 6.36. The van der Waals surface area contributed by atoms with Crippen molar-refractivity contribution in [1.82, 2.24) is 15.5 Å². The normalized spacial score (nSPS) is 17.6. The van der Waals surface area contributed by atoms with Crippen LogP contribution in [0.2, 0.25) is 0 Å². The smallest absolute Gasteiger partial charge is 0.222 e. The van der Waals surface area contributed by atoms with Crippen molar-refractivity contribution in [3.8, 4) is 0 Å². The first kappa shape index (κ1) is 19.6. The number of carbonyl (C=O) groups excluding carboxylic acids is 1. The van der Waals surface area contributed by atoms with Crippen LogP contribution in [0.4, 0.5) is 0 Å². The molecule has 2 rings (SSSR count). The standard InChI is InChI=1S/C19H30N4OS/c1-4-18(24)23-11-9-17(13-23)22-19(20-3)21-10-12-25-14-16-7-5-15(2)6-8-16/h5-8,17H,4,9-14H2,1-3H3,(H2,20,21,22). The molecule has 2 N–H and O–H groups in total. The number of aryl methyl sites for hydroxylation is 1. The molecule has 1 amide bonds. The highest BCUT2D eigenvalue weighted by molar-refractivity contribution is 7.98. The van der Waals surface area contributed by atoms with Crippen molar-refractivity contribution in [3.63, 3.8) is 0 Å². The minimum Gasteiger partial charge on any atom is -0.356 e. The summed E-state index contributed by atoms with van der Waals surface area (Å²) in [4.78, 5) is 18.0. The summed E-state index contributed by atoms with van der Waals surface area (Å²) in [6, 6.07) is 9.00. The molecule has 1 aromatic carbocycles. The third kappa shape index (κ3) is 6.61. The molecular formula is C19H30N4OS. The molecule has 0 saturated carbocycles. The summed E-state index contributed by atoms with van der Waals surface area (Å²) >= 11 is 1.92. The van der Waals surface area contributed by atoms with Gasteiger partial charge in [-0.3, -0.25) is 9.79 Å². The van der Waals surface area contributed by atoms with Gasteiger partial charge in [-0.25, -0.2) is 0 Å². The number of guanidine groups is 1. The van der Waals surface area contributed by atoms with Crippen LogP contribution < -0.4 is 10.6 Å². The highest BCUT2D eigenvalue weighted by atomic mass is 32.2. The molecule has 5 nitrogen and oxygen atoms in total. The third-order valence-corrected chi connectivity index (χ3v) is 5.37. The SMILES string of the molecule is CCC(=O)N1CCC(NC(=NC)NCCSCc2ccc(C)cc2)C1. The molecule has 0 aliphatic carbocycles. The van der Waals surface area contributed by atoms with E-state index in [1.54, 1.807) is 7.05 Å². The van der Waals surface area contributed by atoms with Gasteiger partial charge in [0.15, 0.2) is 5.96 Å². The number of nitrogens with one attached hydrogen (secondary N) is 2. The lowest BCUT2D eigenvalue weighted by Crippen LogP contribution is -2.45. The molecular weight excluding hydrogens is 332 g/mol. The molecule has 1 fully saturated rings. The van der Waals surface area contributed by atoms with Crippen LogP contribution in [0.3, 0.4) is 0 Å². The van der Waals surface area contributed by atoms with Gasteiger partial charge in [0.2, 0.25) is 5.91 Å². The van der Waals surface area contributed by atoms with Gasteiger partial charge in [-0.2, -0.15) is 11.8 Å². The lowest BCUT2D eigenvalue weighted by atomic mass is 10.2. The first-order chi connectivity index (χ1) is 12.1. The van der Waals surface area contributed by atoms with Crippen LogP contribution in [0, 0.1) is 6.92 Å². The second kappa shape index (κ2) is 10.3. The van der Waals surface area contributed by atoms with Gasteiger partial charge in [-0.05, 0) is 18.9 Å². The summed E-state index contributed by atoms with van der Waals surface area (Å²) in [5.74, 6) is 3.12. The van der Waals surface area contributed by atoms with E-state index in [2.05, 4.69) is 46.8 Å². The number of amides is 1. The molecule has 0 bridgehead atoms. The van der Waals surface area contributed by atoms with E-state index in [1.807, 2.05) is 23.6 Å². The monoisotopic (exact) mass is 362 g/mol. The molecule has 6 heteroatoms. The molecule has 0 spiro atoms. The summed E-state index contributed by atoms with van der Waals surface area (Å²) in [7, 11) is 1.79. The number of thioether (sulfide) groups is 1. The lowest BCUT2D eigenvalue weighted by Gasteiger charge is -2.18. The molecule has 0 aromatic heterocycles. The van der Waals surface area contributed by atoms with Crippen LogP contribution in [-0.2, 0) is 10.5 Å². The van der Waals surface area contributed by atoms with Crippen LogP contribution in [-0.4, -0.2) is 55.2 Å². The maximum Gasteiger partial charge on any atom is 0.222 e. The Labute approximate surface area is 155 Å². The van der Waals surface area contributed by atoms with Crippen LogP contribution in [0.1, 0.15) is 30.9 Å². The number of carbonyl (C=O) groups is 1. The molecule has 1 saturated heterocycles. The van der Waals surface area contributed by atoms with Crippen molar-refractivity contribution in [2.45, 2.75) is 38.5 Å². The van der Waals surface area contributed by atoms with Gasteiger partial charge in [0.1, 0.15) is 0 Å². The van der Waals surface area contributed by atoms with Crippen molar-refractivity contribution in [3.05, 3.63) is 35.4 Å². The summed E-state index contributed by atoms with van der Waals surface area (Å²) in [6.07, 6.45) is 1.56. The summed E-state index contributed by atoms with van der Waals surface area (Å²) in [5.41, 5.74) is 2.67. The highest BCUT2D eigenvalue weighted by Crippen LogP contribution is 2.12. The zero-order chi connectivity index (χ0) is 18.1. The fourth-order valence-corrected chi connectivity index (χ4v) is 3.65. The Bertz CT molecular complexity index is 573. The first-order valence-electron chi connectivity index (χ1n) is 9.00. The minimum absolute atomic E-state index is 0.236. The van der Waals surface area contributed by atoms with Crippen molar-refractivity contribution < 1.29 is 4.79 Å². The zero-order valence-electron chi connectivity index (χ0n) is 15.5. The number of rotatable bonds is 7. The van der Waals surface area contributed by atoms with Crippen molar-refractivity contribution >= 4 is 23.6 Å². The molecule has 1 aliphatic rings. The Hall–Kier alpha value is -1.69. The van der Waals surface area contributed by atoms with Crippen molar-refractivity contribution in [2.24, 2.45) is 4.99 Å². The summed E-state index contributed by atoms with van der Waals surface area (Å²) in [6.45, 7) is 6.52. The Balaban J connectivity index is 1.62. The van der Waals surface area contributed by atoms with Crippen molar-refractivity contribution in [2.75, 3.05) is 32.4 Å². The molecule has 25 heavy (non-hydrogen) atoms. The van der Waals surface area contributed by atoms with Gasteiger partial charge < -0.3 is 15.5 Å². The molecule has 0 radical (unpaired) electrons. The molecule has 1 aromatic rings. The molecule has 1 unspecified atom stereocenters. The molecule has 1 atom stereocenters. The van der Waals surface area contributed by atoms with Crippen LogP contribution >= 0.6 is 11.8 Å². The maximum atomic E-state index is 11.7. The van der Waals surface area contributed by atoms with Gasteiger partial charge >= 0.3 is 0 Å². The number of likely N-dealkylation sites (tertiary alicyclic amines) is 1. The molecule has 138 valence electrons. The van der Waals surface area contributed by atoms with E-state index in [-0.39, 0.29) is 5.91 Å². The fourth-order valence-electron chi connectivity index (χ4n) is 2.83. The highest BCUT2D eigenvalue weighted by Gasteiger charge is 2.25. The number of aliphatic imine (C=N–C) groups is 1. The lowest BCUT2D eigenvalue weighted by molar-refractivity contribution is -0.129. The van der Waals surface area contributed by atoms with Gasteiger partial charge in [-0.1, -0.05) is 36.8 Å². The topological polar surface area (TPSA) is 56.7 Å². The zero-order valence-corrected chi connectivity index (χ0v) is 16.4.